The summed E-state index contributed by atoms with van der Waals surface area (Å²) >= 11 is 0. The van der Waals surface area contributed by atoms with Crippen LogP contribution in [0.4, 0.5) is 0 Å². The van der Waals surface area contributed by atoms with Crippen molar-refractivity contribution >= 4 is 0 Å². The van der Waals surface area contributed by atoms with Gasteiger partial charge in [-0.05, 0) is 25.3 Å². The number of unbranched alkanes of at least 4 members (excludes halogenated alkanes) is 4. The van der Waals surface area contributed by atoms with Gasteiger partial charge in [0.15, 0.2) is 0 Å². The number of halogens is 1. The van der Waals surface area contributed by atoms with E-state index in [1.54, 1.807) is 10.6 Å². The zero-order valence-corrected chi connectivity index (χ0v) is 10.8. The molecule has 1 atom stereocenters. The van der Waals surface area contributed by atoms with E-state index < -0.39 is 0 Å². The lowest BCUT2D eigenvalue weighted by Gasteiger charge is -2.13. The SMILES string of the molecule is CCCCCCC[NH+]1C=CC=C1CCC.[F-]. The molecule has 0 amide bonds. The highest BCUT2D eigenvalue weighted by molar-refractivity contribution is 5.10. The molecule has 0 aromatic heterocycles. The highest BCUT2D eigenvalue weighted by Gasteiger charge is 2.14. The standard InChI is InChI=1S/C14H25N.FH/c1-3-5-6-7-8-12-15-13-9-11-14(15)10-4-2;/h9,11,13H,3-8,10,12H2,1-2H3;1H. The maximum absolute atomic E-state index is 2.31. The third kappa shape index (κ3) is 5.45. The van der Waals surface area contributed by atoms with Crippen LogP contribution in [-0.4, -0.2) is 6.54 Å². The van der Waals surface area contributed by atoms with Crippen molar-refractivity contribution in [2.75, 3.05) is 6.54 Å². The normalized spacial score (nSPS) is 18.4. The Balaban J connectivity index is 0.00000225. The van der Waals surface area contributed by atoms with Gasteiger partial charge in [0.05, 0.1) is 12.7 Å². The first-order valence-electron chi connectivity index (χ1n) is 6.62. The molecule has 1 heterocycles. The fourth-order valence-electron chi connectivity index (χ4n) is 2.17. The van der Waals surface area contributed by atoms with Crippen molar-refractivity contribution < 1.29 is 9.60 Å². The molecule has 2 heteroatoms. The number of rotatable bonds is 8. The highest BCUT2D eigenvalue weighted by atomic mass is 19.0. The van der Waals surface area contributed by atoms with Crippen molar-refractivity contribution in [2.45, 2.75) is 58.8 Å². The van der Waals surface area contributed by atoms with Crippen LogP contribution in [0.2, 0.25) is 0 Å². The fraction of sp³-hybridized carbons (Fsp3) is 0.714. The fourth-order valence-corrected chi connectivity index (χ4v) is 2.17. The summed E-state index contributed by atoms with van der Waals surface area (Å²) in [4.78, 5) is 1.60. The largest absolute Gasteiger partial charge is 1.00 e. The van der Waals surface area contributed by atoms with Gasteiger partial charge < -0.3 is 4.70 Å². The molecule has 0 aliphatic carbocycles. The Morgan fingerprint density at radius 3 is 2.44 bits per heavy atom. The predicted molar refractivity (Wildman–Crippen MR) is 66.7 cm³/mol. The Morgan fingerprint density at radius 1 is 1.00 bits per heavy atom. The smallest absolute Gasteiger partial charge is 0.112 e. The molecule has 1 aliphatic heterocycles. The lowest BCUT2D eigenvalue weighted by molar-refractivity contribution is -0.804. The zero-order chi connectivity index (χ0) is 10.9. The monoisotopic (exact) mass is 227 g/mol. The van der Waals surface area contributed by atoms with Gasteiger partial charge in [0.1, 0.15) is 5.70 Å². The van der Waals surface area contributed by atoms with Crippen LogP contribution in [0.1, 0.15) is 58.8 Å². The van der Waals surface area contributed by atoms with Crippen molar-refractivity contribution in [3.63, 3.8) is 0 Å². The van der Waals surface area contributed by atoms with Crippen LogP contribution >= 0.6 is 0 Å². The summed E-state index contributed by atoms with van der Waals surface area (Å²) in [6.45, 7) is 5.83. The lowest BCUT2D eigenvalue weighted by Crippen LogP contribution is -3.04. The van der Waals surface area contributed by atoms with Gasteiger partial charge in [-0.15, -0.1) is 0 Å². The van der Waals surface area contributed by atoms with Gasteiger partial charge in [-0.1, -0.05) is 33.1 Å². The molecule has 16 heavy (non-hydrogen) atoms. The quantitative estimate of drug-likeness (QED) is 0.559. The lowest BCUT2D eigenvalue weighted by atomic mass is 10.1. The van der Waals surface area contributed by atoms with Gasteiger partial charge in [0.25, 0.3) is 0 Å². The van der Waals surface area contributed by atoms with E-state index in [9.17, 15) is 0 Å². The summed E-state index contributed by atoms with van der Waals surface area (Å²) in [6, 6.07) is 0. The van der Waals surface area contributed by atoms with Crippen LogP contribution < -0.4 is 9.60 Å². The van der Waals surface area contributed by atoms with Crippen LogP contribution in [0.3, 0.4) is 0 Å². The second kappa shape index (κ2) is 9.59. The molecule has 0 saturated carbocycles. The van der Waals surface area contributed by atoms with Crippen LogP contribution in [0.5, 0.6) is 0 Å². The van der Waals surface area contributed by atoms with Crippen LogP contribution in [0.15, 0.2) is 24.0 Å². The molecule has 1 nitrogen and oxygen atoms in total. The Bertz CT molecular complexity index is 221. The van der Waals surface area contributed by atoms with Gasteiger partial charge in [0, 0.05) is 12.5 Å². The van der Waals surface area contributed by atoms with E-state index >= 15 is 0 Å². The average molecular weight is 227 g/mol. The first kappa shape index (κ1) is 15.4. The highest BCUT2D eigenvalue weighted by Crippen LogP contribution is 2.04. The maximum atomic E-state index is 2.31. The van der Waals surface area contributed by atoms with Gasteiger partial charge in [-0.3, -0.25) is 4.90 Å². The number of allylic oxidation sites excluding steroid dienone is 3. The molecule has 1 aliphatic rings. The summed E-state index contributed by atoms with van der Waals surface area (Å²) in [7, 11) is 0. The minimum Gasteiger partial charge on any atom is -1.00 e. The molecule has 1 unspecified atom stereocenters. The van der Waals surface area contributed by atoms with Crippen molar-refractivity contribution in [1.29, 1.82) is 0 Å². The Hall–Kier alpha value is -0.630. The number of hydrogen-bond acceptors (Lipinski definition) is 0. The average Bonchev–Trinajstić information content (AvgIpc) is 2.66. The topological polar surface area (TPSA) is 4.44 Å². The summed E-state index contributed by atoms with van der Waals surface area (Å²) in [5.41, 5.74) is 1.59. The van der Waals surface area contributed by atoms with Gasteiger partial charge >= 0.3 is 0 Å². The van der Waals surface area contributed by atoms with E-state index in [0.717, 1.165) is 0 Å². The molecule has 0 aromatic rings. The van der Waals surface area contributed by atoms with Gasteiger partial charge in [-0.2, -0.15) is 0 Å². The molecule has 0 fully saturated rings. The van der Waals surface area contributed by atoms with Gasteiger partial charge in [-0.25, -0.2) is 0 Å². The third-order valence-electron chi connectivity index (χ3n) is 3.08. The molecule has 0 spiro atoms. The second-order valence-corrected chi connectivity index (χ2v) is 4.49. The van der Waals surface area contributed by atoms with Crippen molar-refractivity contribution in [2.24, 2.45) is 0 Å². The maximum Gasteiger partial charge on any atom is 0.112 e. The number of nitrogens with one attached hydrogen (secondary N) is 1. The van der Waals surface area contributed by atoms with Crippen LogP contribution in [0.25, 0.3) is 0 Å². The molecule has 0 bridgehead atoms. The van der Waals surface area contributed by atoms with E-state index in [0.29, 0.717) is 0 Å². The molecule has 0 aromatic carbocycles. The van der Waals surface area contributed by atoms with E-state index in [4.69, 9.17) is 0 Å². The second-order valence-electron chi connectivity index (χ2n) is 4.49. The molecular weight excluding hydrogens is 201 g/mol. The van der Waals surface area contributed by atoms with E-state index in [1.165, 1.54) is 51.5 Å². The number of quaternary nitrogens is 1. The predicted octanol–water partition coefficient (Wildman–Crippen LogP) is 0.0570. The van der Waals surface area contributed by atoms with E-state index in [2.05, 4.69) is 32.2 Å². The Kier molecular flexibility index (Phi) is 9.21. The van der Waals surface area contributed by atoms with Crippen molar-refractivity contribution in [3.8, 4) is 0 Å². The molecule has 1 N–H and O–H groups in total. The summed E-state index contributed by atoms with van der Waals surface area (Å²) in [6.07, 6.45) is 16.3. The van der Waals surface area contributed by atoms with Crippen LogP contribution in [0, 0.1) is 0 Å². The van der Waals surface area contributed by atoms with Crippen molar-refractivity contribution in [3.05, 3.63) is 24.0 Å². The summed E-state index contributed by atoms with van der Waals surface area (Å²) < 4.78 is 0. The minimum atomic E-state index is 0. The summed E-state index contributed by atoms with van der Waals surface area (Å²) in [5.74, 6) is 0. The third-order valence-corrected chi connectivity index (χ3v) is 3.08. The van der Waals surface area contributed by atoms with E-state index in [-0.39, 0.29) is 4.70 Å². The number of hydrogen-bond donors (Lipinski definition) is 1. The molecule has 94 valence electrons. The first-order valence-corrected chi connectivity index (χ1v) is 6.62. The first-order chi connectivity index (χ1) is 7.38. The zero-order valence-electron chi connectivity index (χ0n) is 10.8. The minimum absolute atomic E-state index is 0. The molecule has 1 rings (SSSR count). The van der Waals surface area contributed by atoms with E-state index in [1.807, 2.05) is 0 Å². The molecule has 0 radical (unpaired) electrons. The Morgan fingerprint density at radius 2 is 1.75 bits per heavy atom. The molecule has 0 saturated heterocycles. The van der Waals surface area contributed by atoms with Gasteiger partial charge in [0.2, 0.25) is 0 Å². The molecular formula is C14H26FN. The Labute approximate surface area is 99.6 Å². The van der Waals surface area contributed by atoms with Crippen molar-refractivity contribution in [1.82, 2.24) is 0 Å². The summed E-state index contributed by atoms with van der Waals surface area (Å²) in [5, 5.41) is 0. The van der Waals surface area contributed by atoms with Crippen LogP contribution in [-0.2, 0) is 0 Å².